The highest BCUT2D eigenvalue weighted by Crippen LogP contribution is 2.36. The van der Waals surface area contributed by atoms with Gasteiger partial charge in [-0.3, -0.25) is 19.5 Å². The van der Waals surface area contributed by atoms with Crippen LogP contribution >= 0.6 is 0 Å². The molecule has 27 heavy (non-hydrogen) atoms. The second kappa shape index (κ2) is 6.74. The molecule has 7 nitrogen and oxygen atoms in total. The molecule has 0 aliphatic carbocycles. The third-order valence-corrected chi connectivity index (χ3v) is 3.19. The van der Waals surface area contributed by atoms with Crippen molar-refractivity contribution in [2.75, 3.05) is 5.32 Å². The molecule has 0 radical (unpaired) electrons. The zero-order valence-corrected chi connectivity index (χ0v) is 12.9. The van der Waals surface area contributed by atoms with E-state index in [1.54, 1.807) is 0 Å². The van der Waals surface area contributed by atoms with E-state index in [1.165, 1.54) is 0 Å². The summed E-state index contributed by atoms with van der Waals surface area (Å²) in [7, 11) is 0. The normalized spacial score (nSPS) is 11.9. The van der Waals surface area contributed by atoms with Crippen LogP contribution < -0.4 is 10.9 Å². The number of nitrogens with zero attached hydrogens (tertiary/aromatic N) is 3. The molecule has 0 saturated carbocycles. The summed E-state index contributed by atoms with van der Waals surface area (Å²) in [6, 6.07) is 1.50. The second-order valence-corrected chi connectivity index (χ2v) is 4.97. The highest BCUT2D eigenvalue weighted by atomic mass is 19.4. The minimum atomic E-state index is -5.00. The highest BCUT2D eigenvalue weighted by molar-refractivity contribution is 5.68. The fourth-order valence-electron chi connectivity index (χ4n) is 1.99. The van der Waals surface area contributed by atoms with Crippen molar-refractivity contribution >= 4 is 23.5 Å². The van der Waals surface area contributed by atoms with Crippen molar-refractivity contribution < 1.29 is 31.3 Å². The predicted molar refractivity (Wildman–Crippen MR) is 81.3 cm³/mol. The van der Waals surface area contributed by atoms with Crippen LogP contribution in [0.5, 0.6) is 0 Å². The van der Waals surface area contributed by atoms with Crippen molar-refractivity contribution in [1.29, 1.82) is 0 Å². The minimum absolute atomic E-state index is 0.175. The Kier molecular flexibility index (Phi) is 4.97. The van der Waals surface area contributed by atoms with Gasteiger partial charge in [0.2, 0.25) is 5.95 Å². The molecular formula is C14H8F6N4O3. The molecule has 1 heterocycles. The quantitative estimate of drug-likeness (QED) is 0.480. The molecule has 144 valence electrons. The first-order chi connectivity index (χ1) is 12.3. The minimum Gasteiger partial charge on any atom is -0.320 e. The predicted octanol–water partition coefficient (Wildman–Crippen LogP) is 4.03. The molecule has 2 aromatic rings. The summed E-state index contributed by atoms with van der Waals surface area (Å²) in [5.41, 5.74) is -5.81. The summed E-state index contributed by atoms with van der Waals surface area (Å²) in [4.78, 5) is 24.8. The highest BCUT2D eigenvalue weighted by Gasteiger charge is 2.35. The van der Waals surface area contributed by atoms with Crippen LogP contribution in [-0.4, -0.2) is 14.5 Å². The smallest absolute Gasteiger partial charge is 0.320 e. The van der Waals surface area contributed by atoms with Gasteiger partial charge < -0.3 is 5.32 Å². The Balaban J connectivity index is 2.63. The monoisotopic (exact) mass is 394 g/mol. The van der Waals surface area contributed by atoms with Crippen LogP contribution in [0.2, 0.25) is 0 Å². The zero-order valence-electron chi connectivity index (χ0n) is 12.9. The van der Waals surface area contributed by atoms with E-state index in [4.69, 9.17) is 0 Å². The number of nitro groups is 1. The molecule has 0 bridgehead atoms. The lowest BCUT2D eigenvalue weighted by Crippen LogP contribution is -2.23. The maximum absolute atomic E-state index is 12.8. The third-order valence-electron chi connectivity index (χ3n) is 3.19. The molecule has 0 aliphatic heterocycles. The Hall–Kier alpha value is -3.38. The van der Waals surface area contributed by atoms with E-state index >= 15 is 0 Å². The van der Waals surface area contributed by atoms with Crippen LogP contribution in [-0.2, 0) is 12.4 Å². The lowest BCUT2D eigenvalue weighted by Gasteiger charge is -2.14. The SMILES string of the molecule is C=Cn1c(Nc2ccc(C(F)(F)F)cc2[N+](=O)[O-])nc(C(F)(F)F)cc1=O. The van der Waals surface area contributed by atoms with Crippen molar-refractivity contribution in [1.82, 2.24) is 9.55 Å². The number of nitro benzene ring substituents is 1. The molecule has 1 N–H and O–H groups in total. The van der Waals surface area contributed by atoms with Gasteiger partial charge in [-0.1, -0.05) is 6.58 Å². The Morgan fingerprint density at radius 3 is 2.26 bits per heavy atom. The summed E-state index contributed by atoms with van der Waals surface area (Å²) >= 11 is 0. The lowest BCUT2D eigenvalue weighted by atomic mass is 10.1. The molecule has 0 atom stereocenters. The van der Waals surface area contributed by atoms with Gasteiger partial charge in [-0.05, 0) is 12.1 Å². The van der Waals surface area contributed by atoms with Crippen LogP contribution in [0.1, 0.15) is 11.3 Å². The van der Waals surface area contributed by atoms with E-state index in [9.17, 15) is 41.3 Å². The summed E-state index contributed by atoms with van der Waals surface area (Å²) in [5.74, 6) is -0.812. The number of benzene rings is 1. The molecule has 0 unspecified atom stereocenters. The number of alkyl halides is 6. The topological polar surface area (TPSA) is 90.1 Å². The van der Waals surface area contributed by atoms with Gasteiger partial charge >= 0.3 is 12.4 Å². The van der Waals surface area contributed by atoms with Crippen LogP contribution in [0, 0.1) is 10.1 Å². The maximum Gasteiger partial charge on any atom is 0.433 e. The molecular weight excluding hydrogens is 386 g/mol. The van der Waals surface area contributed by atoms with Gasteiger partial charge in [0.05, 0.1) is 10.5 Å². The summed E-state index contributed by atoms with van der Waals surface area (Å²) < 4.78 is 77.1. The first-order valence-corrected chi connectivity index (χ1v) is 6.80. The molecule has 0 aliphatic rings. The van der Waals surface area contributed by atoms with Crippen LogP contribution in [0.4, 0.5) is 43.7 Å². The van der Waals surface area contributed by atoms with Gasteiger partial charge in [0, 0.05) is 18.3 Å². The van der Waals surface area contributed by atoms with Gasteiger partial charge in [-0.25, -0.2) is 4.98 Å². The van der Waals surface area contributed by atoms with E-state index in [1.807, 2.05) is 0 Å². The molecule has 13 heteroatoms. The number of anilines is 2. The standard InChI is InChI=1S/C14H8F6N4O3/c1-2-23-11(25)6-10(14(18,19)20)22-12(23)21-8-4-3-7(13(15,16)17)5-9(8)24(26)27/h2-6H,1H2,(H,21,22). The number of hydrogen-bond donors (Lipinski definition) is 1. The van der Waals surface area contributed by atoms with E-state index < -0.39 is 51.4 Å². The van der Waals surface area contributed by atoms with Crippen molar-refractivity contribution in [3.63, 3.8) is 0 Å². The second-order valence-electron chi connectivity index (χ2n) is 4.97. The fraction of sp³-hybridized carbons (Fsp3) is 0.143. The number of halogens is 6. The molecule has 0 fully saturated rings. The average molecular weight is 394 g/mol. The van der Waals surface area contributed by atoms with Gasteiger partial charge in [0.25, 0.3) is 11.2 Å². The molecule has 0 amide bonds. The van der Waals surface area contributed by atoms with Gasteiger partial charge in [-0.15, -0.1) is 0 Å². The maximum atomic E-state index is 12.8. The average Bonchev–Trinajstić information content (AvgIpc) is 2.52. The van der Waals surface area contributed by atoms with Crippen LogP contribution in [0.3, 0.4) is 0 Å². The fourth-order valence-corrected chi connectivity index (χ4v) is 1.99. The van der Waals surface area contributed by atoms with Gasteiger partial charge in [0.1, 0.15) is 5.69 Å². The number of nitrogens with one attached hydrogen (secondary N) is 1. The Morgan fingerprint density at radius 2 is 1.78 bits per heavy atom. The van der Waals surface area contributed by atoms with Crippen molar-refractivity contribution in [2.45, 2.75) is 12.4 Å². The summed E-state index contributed by atoms with van der Waals surface area (Å²) in [6.45, 7) is 3.21. The first kappa shape index (κ1) is 19.9. The van der Waals surface area contributed by atoms with Crippen LogP contribution in [0.25, 0.3) is 6.20 Å². The van der Waals surface area contributed by atoms with Crippen LogP contribution in [0.15, 0.2) is 35.6 Å². The number of hydrogen-bond acceptors (Lipinski definition) is 5. The molecule has 0 spiro atoms. The number of rotatable bonds is 4. The third kappa shape index (κ3) is 4.24. The van der Waals surface area contributed by atoms with E-state index in [-0.39, 0.29) is 12.1 Å². The van der Waals surface area contributed by atoms with Gasteiger partial charge in [0.15, 0.2) is 5.69 Å². The zero-order chi connectivity index (χ0) is 20.6. The van der Waals surface area contributed by atoms with Crippen molar-refractivity contribution in [3.05, 3.63) is 62.6 Å². The summed E-state index contributed by atoms with van der Waals surface area (Å²) in [6.07, 6.45) is -9.09. The first-order valence-electron chi connectivity index (χ1n) is 6.80. The Labute approximate surface area is 145 Å². The molecule has 2 rings (SSSR count). The van der Waals surface area contributed by atoms with Crippen molar-refractivity contribution in [2.24, 2.45) is 0 Å². The number of aromatic nitrogens is 2. The summed E-state index contributed by atoms with van der Waals surface area (Å²) in [5, 5.41) is 13.1. The largest absolute Gasteiger partial charge is 0.433 e. The van der Waals surface area contributed by atoms with E-state index in [0.29, 0.717) is 16.7 Å². The Bertz CT molecular complexity index is 965. The molecule has 1 aromatic carbocycles. The molecule has 0 saturated heterocycles. The van der Waals surface area contributed by atoms with Gasteiger partial charge in [-0.2, -0.15) is 26.3 Å². The Morgan fingerprint density at radius 1 is 1.15 bits per heavy atom. The molecule has 1 aromatic heterocycles. The van der Waals surface area contributed by atoms with Crippen molar-refractivity contribution in [3.8, 4) is 0 Å². The van der Waals surface area contributed by atoms with E-state index in [0.717, 1.165) is 6.20 Å². The lowest BCUT2D eigenvalue weighted by molar-refractivity contribution is -0.384. The van der Waals surface area contributed by atoms with E-state index in [2.05, 4.69) is 16.9 Å².